The summed E-state index contributed by atoms with van der Waals surface area (Å²) in [6.07, 6.45) is -2.82. The van der Waals surface area contributed by atoms with Crippen LogP contribution in [0.5, 0.6) is 0 Å². The highest BCUT2D eigenvalue weighted by molar-refractivity contribution is 5.16. The molecule has 5 atom stereocenters. The molecule has 0 amide bonds. The second-order valence-electron chi connectivity index (χ2n) is 3.71. The van der Waals surface area contributed by atoms with Gasteiger partial charge < -0.3 is 35.0 Å². The van der Waals surface area contributed by atoms with E-state index >= 15 is 0 Å². The highest BCUT2D eigenvalue weighted by atomic mass is 16.9. The molecular formula is C7H12O7. The van der Waals surface area contributed by atoms with Gasteiger partial charge in [-0.25, -0.2) is 0 Å². The summed E-state index contributed by atoms with van der Waals surface area (Å²) in [5.74, 6) is -6.79. The third kappa shape index (κ3) is 0.898. The minimum Gasteiger partial charge on any atom is -0.394 e. The molecule has 7 heteroatoms. The first-order valence-electron chi connectivity index (χ1n) is 4.12. The van der Waals surface area contributed by atoms with Crippen molar-refractivity contribution < 1.29 is 35.0 Å². The predicted molar refractivity (Wildman–Crippen MR) is 39.6 cm³/mol. The van der Waals surface area contributed by atoms with Crippen LogP contribution in [0.15, 0.2) is 0 Å². The molecule has 0 aromatic rings. The maximum absolute atomic E-state index is 9.55. The van der Waals surface area contributed by atoms with Crippen LogP contribution in [-0.2, 0) is 9.47 Å². The third-order valence-electron chi connectivity index (χ3n) is 2.69. The Morgan fingerprint density at radius 2 is 1.86 bits per heavy atom. The average Bonchev–Trinajstić information content (AvgIpc) is 2.67. The van der Waals surface area contributed by atoms with Gasteiger partial charge in [-0.05, 0) is 6.92 Å². The lowest BCUT2D eigenvalue weighted by Crippen LogP contribution is -2.63. The zero-order valence-corrected chi connectivity index (χ0v) is 7.41. The van der Waals surface area contributed by atoms with Gasteiger partial charge in [0.25, 0.3) is 11.6 Å². The Bertz CT molecular complexity index is 267. The van der Waals surface area contributed by atoms with Crippen molar-refractivity contribution in [3.8, 4) is 0 Å². The van der Waals surface area contributed by atoms with E-state index in [1.807, 2.05) is 0 Å². The molecule has 0 aromatic heterocycles. The van der Waals surface area contributed by atoms with E-state index in [9.17, 15) is 20.4 Å². The first-order valence-corrected chi connectivity index (χ1v) is 4.12. The molecule has 0 bridgehead atoms. The van der Waals surface area contributed by atoms with Crippen molar-refractivity contribution in [2.75, 3.05) is 6.61 Å². The molecule has 2 aliphatic heterocycles. The lowest BCUT2D eigenvalue weighted by molar-refractivity contribution is -0.346. The third-order valence-corrected chi connectivity index (χ3v) is 2.69. The van der Waals surface area contributed by atoms with Gasteiger partial charge in [0.05, 0.1) is 6.61 Å². The summed E-state index contributed by atoms with van der Waals surface area (Å²) < 4.78 is 9.27. The highest BCUT2D eigenvalue weighted by Gasteiger charge is 2.86. The molecule has 2 saturated heterocycles. The van der Waals surface area contributed by atoms with Gasteiger partial charge in [-0.15, -0.1) is 0 Å². The van der Waals surface area contributed by atoms with E-state index in [0.29, 0.717) is 0 Å². The van der Waals surface area contributed by atoms with Crippen LogP contribution in [0.2, 0.25) is 0 Å². The summed E-state index contributed by atoms with van der Waals surface area (Å²) >= 11 is 0. The Kier molecular flexibility index (Phi) is 1.79. The smallest absolute Gasteiger partial charge is 0.282 e. The number of fused-ring (bicyclic) bond motifs is 1. The van der Waals surface area contributed by atoms with E-state index in [1.165, 1.54) is 0 Å². The van der Waals surface area contributed by atoms with Gasteiger partial charge in [0, 0.05) is 0 Å². The fourth-order valence-electron chi connectivity index (χ4n) is 1.72. The van der Waals surface area contributed by atoms with Gasteiger partial charge in [-0.2, -0.15) is 0 Å². The largest absolute Gasteiger partial charge is 0.394 e. The number of rotatable bonds is 1. The number of aliphatic hydroxyl groups is 5. The molecule has 2 fully saturated rings. The van der Waals surface area contributed by atoms with E-state index in [0.717, 1.165) is 6.92 Å². The predicted octanol–water partition coefficient (Wildman–Crippen LogP) is -3.15. The van der Waals surface area contributed by atoms with Crippen molar-refractivity contribution in [2.24, 2.45) is 0 Å². The number of hydrogen-bond acceptors (Lipinski definition) is 7. The first kappa shape index (κ1) is 10.2. The van der Waals surface area contributed by atoms with Crippen LogP contribution in [0.1, 0.15) is 6.92 Å². The number of ether oxygens (including phenoxy) is 2. The van der Waals surface area contributed by atoms with Crippen molar-refractivity contribution in [2.45, 2.75) is 36.5 Å². The second-order valence-corrected chi connectivity index (χ2v) is 3.71. The normalized spacial score (nSPS) is 62.1. The molecular weight excluding hydrogens is 196 g/mol. The minimum absolute atomic E-state index is 0.612. The van der Waals surface area contributed by atoms with E-state index in [4.69, 9.17) is 9.84 Å². The number of aliphatic hydroxyl groups excluding tert-OH is 2. The molecule has 7 nitrogen and oxygen atoms in total. The van der Waals surface area contributed by atoms with E-state index < -0.39 is 36.2 Å². The molecule has 14 heavy (non-hydrogen) atoms. The zero-order valence-electron chi connectivity index (χ0n) is 7.41. The molecule has 5 N–H and O–H groups in total. The molecule has 2 aliphatic rings. The number of hydrogen-bond donors (Lipinski definition) is 5. The summed E-state index contributed by atoms with van der Waals surface area (Å²) in [5, 5.41) is 46.8. The summed E-state index contributed by atoms with van der Waals surface area (Å²) in [5.41, 5.74) is 0. The lowest BCUT2D eigenvalue weighted by atomic mass is 9.94. The molecule has 1 unspecified atom stereocenters. The van der Waals surface area contributed by atoms with E-state index in [1.54, 1.807) is 0 Å². The van der Waals surface area contributed by atoms with Crippen molar-refractivity contribution in [1.82, 2.24) is 0 Å². The molecule has 2 heterocycles. The molecule has 82 valence electrons. The molecule has 0 radical (unpaired) electrons. The summed E-state index contributed by atoms with van der Waals surface area (Å²) in [7, 11) is 0. The lowest BCUT2D eigenvalue weighted by Gasteiger charge is -2.38. The summed E-state index contributed by atoms with van der Waals surface area (Å²) in [4.78, 5) is 0. The van der Waals surface area contributed by atoms with Gasteiger partial charge in [0.2, 0.25) is 5.79 Å². The Morgan fingerprint density at radius 1 is 1.29 bits per heavy atom. The SMILES string of the molecule is CC1(O)O[C@H](CO)[C@H](O)[C@]2(O)O[C@]12O. The van der Waals surface area contributed by atoms with Crippen LogP contribution in [0.25, 0.3) is 0 Å². The van der Waals surface area contributed by atoms with Gasteiger partial charge in [-0.1, -0.05) is 0 Å². The van der Waals surface area contributed by atoms with Crippen molar-refractivity contribution >= 4 is 0 Å². The van der Waals surface area contributed by atoms with Crippen LogP contribution < -0.4 is 0 Å². The quantitative estimate of drug-likeness (QED) is 0.288. The fourth-order valence-corrected chi connectivity index (χ4v) is 1.72. The Morgan fingerprint density at radius 3 is 2.36 bits per heavy atom. The maximum Gasteiger partial charge on any atom is 0.282 e. The van der Waals surface area contributed by atoms with Crippen LogP contribution in [0.3, 0.4) is 0 Å². The second kappa shape index (κ2) is 2.45. The average molecular weight is 208 g/mol. The Balaban J connectivity index is 2.32. The molecule has 0 saturated carbocycles. The standard InChI is InChI=1S/C7H12O7/c1-5(10)7(12)6(11,14-7)4(9)3(2-8)13-5/h3-4,8-12H,2H2,1H3/t3-,4+,5?,6+,7-/m1/s1. The number of epoxide rings is 1. The highest BCUT2D eigenvalue weighted by Crippen LogP contribution is 2.57. The summed E-state index contributed by atoms with van der Waals surface area (Å²) in [6.45, 7) is 0.457. The van der Waals surface area contributed by atoms with Crippen LogP contribution in [-0.4, -0.2) is 61.7 Å². The van der Waals surface area contributed by atoms with Gasteiger partial charge in [0.1, 0.15) is 12.2 Å². The first-order chi connectivity index (χ1) is 6.28. The van der Waals surface area contributed by atoms with Crippen LogP contribution in [0.4, 0.5) is 0 Å². The molecule has 0 aromatic carbocycles. The van der Waals surface area contributed by atoms with Crippen molar-refractivity contribution in [3.63, 3.8) is 0 Å². The minimum atomic E-state index is -2.34. The van der Waals surface area contributed by atoms with Crippen LogP contribution in [0, 0.1) is 0 Å². The molecule has 0 spiro atoms. The topological polar surface area (TPSA) is 123 Å². The van der Waals surface area contributed by atoms with Crippen molar-refractivity contribution in [3.05, 3.63) is 0 Å². The monoisotopic (exact) mass is 208 g/mol. The Hall–Kier alpha value is -0.280. The Labute approximate surface area is 79.1 Å². The van der Waals surface area contributed by atoms with E-state index in [-0.39, 0.29) is 0 Å². The summed E-state index contributed by atoms with van der Waals surface area (Å²) in [6, 6.07) is 0. The maximum atomic E-state index is 9.55. The van der Waals surface area contributed by atoms with E-state index in [2.05, 4.69) is 4.74 Å². The molecule has 0 aliphatic carbocycles. The van der Waals surface area contributed by atoms with Crippen molar-refractivity contribution in [1.29, 1.82) is 0 Å². The van der Waals surface area contributed by atoms with Crippen LogP contribution >= 0.6 is 0 Å². The fraction of sp³-hybridized carbons (Fsp3) is 1.00. The zero-order chi connectivity index (χ0) is 10.8. The molecule has 2 rings (SSSR count). The van der Waals surface area contributed by atoms with Gasteiger partial charge in [-0.3, -0.25) is 0 Å². The van der Waals surface area contributed by atoms with Gasteiger partial charge in [0.15, 0.2) is 0 Å². The van der Waals surface area contributed by atoms with Gasteiger partial charge >= 0.3 is 0 Å².